The van der Waals surface area contributed by atoms with Gasteiger partial charge in [-0.2, -0.15) is 15.1 Å². The molecule has 0 bridgehead atoms. The van der Waals surface area contributed by atoms with E-state index in [0.717, 1.165) is 0 Å². The van der Waals surface area contributed by atoms with Crippen LogP contribution < -0.4 is 20.9 Å². The third kappa shape index (κ3) is 2.74. The van der Waals surface area contributed by atoms with Crippen LogP contribution in [0.2, 0.25) is 0 Å². The second kappa shape index (κ2) is 6.44. The Kier molecular flexibility index (Phi) is 3.95. The third-order valence-electron chi connectivity index (χ3n) is 4.02. The van der Waals surface area contributed by atoms with Gasteiger partial charge in [-0.3, -0.25) is 9.55 Å². The molecule has 0 atom stereocenters. The van der Waals surface area contributed by atoms with Crippen molar-refractivity contribution in [3.63, 3.8) is 0 Å². The average Bonchev–Trinajstić information content (AvgIpc) is 3.31. The van der Waals surface area contributed by atoms with Gasteiger partial charge in [0.2, 0.25) is 0 Å². The van der Waals surface area contributed by atoms with E-state index >= 15 is 0 Å². The molecular formula is C16H16N8O3. The molecule has 0 aliphatic rings. The summed E-state index contributed by atoms with van der Waals surface area (Å²) >= 11 is 0. The molecule has 0 aliphatic carbocycles. The molecule has 4 aromatic heterocycles. The maximum Gasteiger partial charge on any atom is 0.328 e. The molecule has 4 aromatic rings. The second-order valence-electron chi connectivity index (χ2n) is 5.57. The monoisotopic (exact) mass is 368 g/mol. The summed E-state index contributed by atoms with van der Waals surface area (Å²) in [4.78, 5) is 28.1. The van der Waals surface area contributed by atoms with Crippen LogP contribution in [0.4, 0.5) is 5.82 Å². The number of hydrogen-bond acceptors (Lipinski definition) is 8. The number of rotatable bonds is 5. The van der Waals surface area contributed by atoms with Crippen LogP contribution in [0.25, 0.3) is 17.1 Å². The van der Waals surface area contributed by atoms with Gasteiger partial charge >= 0.3 is 5.69 Å². The number of aromatic amines is 1. The predicted molar refractivity (Wildman–Crippen MR) is 96.1 cm³/mol. The summed E-state index contributed by atoms with van der Waals surface area (Å²) in [5.74, 6) is 1.35. The van der Waals surface area contributed by atoms with Gasteiger partial charge in [0.05, 0.1) is 20.8 Å². The smallest absolute Gasteiger partial charge is 0.328 e. The van der Waals surface area contributed by atoms with Crippen LogP contribution in [0.15, 0.2) is 35.5 Å². The highest BCUT2D eigenvalue weighted by Gasteiger charge is 2.18. The summed E-state index contributed by atoms with van der Waals surface area (Å²) in [6, 6.07) is 3.41. The van der Waals surface area contributed by atoms with Gasteiger partial charge in [0.25, 0.3) is 5.95 Å². The number of nitrogens with one attached hydrogen (secondary N) is 1. The number of fused-ring (bicyclic) bond motifs is 1. The van der Waals surface area contributed by atoms with Gasteiger partial charge < -0.3 is 20.2 Å². The molecule has 0 spiro atoms. The Morgan fingerprint density at radius 3 is 2.78 bits per heavy atom. The quantitative estimate of drug-likeness (QED) is 0.514. The minimum absolute atomic E-state index is 0.105. The van der Waals surface area contributed by atoms with Crippen molar-refractivity contribution in [2.75, 3.05) is 20.0 Å². The molecule has 11 nitrogen and oxygen atoms in total. The van der Waals surface area contributed by atoms with Crippen molar-refractivity contribution in [1.29, 1.82) is 0 Å². The van der Waals surface area contributed by atoms with Crippen molar-refractivity contribution in [2.24, 2.45) is 0 Å². The summed E-state index contributed by atoms with van der Waals surface area (Å²) in [5.41, 5.74) is 6.81. The SMILES string of the molecule is COc1ccnc(Cn2c(=O)[nH]c3c(N)nc(-n4cccn4)nc32)c1OC. The minimum Gasteiger partial charge on any atom is -0.493 e. The van der Waals surface area contributed by atoms with Crippen LogP contribution in [0.5, 0.6) is 11.5 Å². The van der Waals surface area contributed by atoms with Gasteiger partial charge in [0, 0.05) is 24.7 Å². The summed E-state index contributed by atoms with van der Waals surface area (Å²) < 4.78 is 13.5. The second-order valence-corrected chi connectivity index (χ2v) is 5.57. The number of nitrogens with two attached hydrogens (primary N) is 1. The van der Waals surface area contributed by atoms with Crippen molar-refractivity contribution < 1.29 is 9.47 Å². The highest BCUT2D eigenvalue weighted by atomic mass is 16.5. The molecular weight excluding hydrogens is 352 g/mol. The lowest BCUT2D eigenvalue weighted by molar-refractivity contribution is 0.348. The molecule has 3 N–H and O–H groups in total. The Hall–Kier alpha value is -3.89. The van der Waals surface area contributed by atoms with Gasteiger partial charge in [-0.05, 0) is 6.07 Å². The first kappa shape index (κ1) is 16.6. The van der Waals surface area contributed by atoms with Gasteiger partial charge in [0.15, 0.2) is 23.0 Å². The van der Waals surface area contributed by atoms with Crippen molar-refractivity contribution in [3.8, 4) is 17.4 Å². The summed E-state index contributed by atoms with van der Waals surface area (Å²) in [6.45, 7) is 0.105. The highest BCUT2D eigenvalue weighted by molar-refractivity contribution is 5.82. The molecule has 4 heterocycles. The summed E-state index contributed by atoms with van der Waals surface area (Å²) in [5, 5.41) is 4.09. The molecule has 0 aromatic carbocycles. The van der Waals surface area contributed by atoms with E-state index < -0.39 is 5.69 Å². The summed E-state index contributed by atoms with van der Waals surface area (Å²) in [6.07, 6.45) is 4.86. The number of hydrogen-bond donors (Lipinski definition) is 2. The number of aromatic nitrogens is 7. The largest absolute Gasteiger partial charge is 0.493 e. The number of methoxy groups -OCH3 is 2. The van der Waals surface area contributed by atoms with Gasteiger partial charge in [0.1, 0.15) is 11.2 Å². The average molecular weight is 368 g/mol. The molecule has 27 heavy (non-hydrogen) atoms. The Morgan fingerprint density at radius 2 is 2.07 bits per heavy atom. The maximum atomic E-state index is 12.5. The number of nitrogens with zero attached hydrogens (tertiary/aromatic N) is 6. The van der Waals surface area contributed by atoms with E-state index in [1.165, 1.54) is 23.5 Å². The van der Waals surface area contributed by atoms with Gasteiger partial charge in [-0.15, -0.1) is 0 Å². The van der Waals surface area contributed by atoms with Gasteiger partial charge in [-0.25, -0.2) is 9.48 Å². The first-order valence-electron chi connectivity index (χ1n) is 7.94. The predicted octanol–water partition coefficient (Wildman–Crippen LogP) is 0.348. The first-order valence-corrected chi connectivity index (χ1v) is 7.94. The van der Waals surface area contributed by atoms with Gasteiger partial charge in [-0.1, -0.05) is 0 Å². The fourth-order valence-corrected chi connectivity index (χ4v) is 2.79. The zero-order chi connectivity index (χ0) is 19.0. The lowest BCUT2D eigenvalue weighted by Crippen LogP contribution is -2.19. The van der Waals surface area contributed by atoms with E-state index in [1.807, 2.05) is 0 Å². The van der Waals surface area contributed by atoms with Crippen LogP contribution >= 0.6 is 0 Å². The van der Waals surface area contributed by atoms with E-state index in [2.05, 4.69) is 25.0 Å². The van der Waals surface area contributed by atoms with E-state index in [1.54, 1.807) is 30.7 Å². The summed E-state index contributed by atoms with van der Waals surface area (Å²) in [7, 11) is 3.04. The van der Waals surface area contributed by atoms with Crippen LogP contribution in [-0.2, 0) is 6.54 Å². The zero-order valence-corrected chi connectivity index (χ0v) is 14.6. The Morgan fingerprint density at radius 1 is 1.22 bits per heavy atom. The van der Waals surface area contributed by atoms with E-state index in [0.29, 0.717) is 28.4 Å². The molecule has 138 valence electrons. The Balaban J connectivity index is 1.88. The van der Waals surface area contributed by atoms with Crippen LogP contribution in [0, 0.1) is 0 Å². The number of ether oxygens (including phenoxy) is 2. The third-order valence-corrected chi connectivity index (χ3v) is 4.02. The number of imidazole rings is 1. The number of anilines is 1. The molecule has 0 aliphatic heterocycles. The minimum atomic E-state index is -0.393. The number of pyridine rings is 1. The Bertz CT molecular complexity index is 1160. The van der Waals surface area contributed by atoms with E-state index in [4.69, 9.17) is 15.2 Å². The molecule has 0 saturated carbocycles. The first-order chi connectivity index (χ1) is 13.1. The normalized spacial score (nSPS) is 11.0. The number of nitrogen functional groups attached to an aromatic ring is 1. The molecule has 0 radical (unpaired) electrons. The molecule has 0 unspecified atom stereocenters. The molecule has 0 saturated heterocycles. The zero-order valence-electron chi connectivity index (χ0n) is 14.6. The lowest BCUT2D eigenvalue weighted by atomic mass is 10.3. The van der Waals surface area contributed by atoms with Crippen LogP contribution in [-0.4, -0.2) is 48.5 Å². The van der Waals surface area contributed by atoms with Crippen molar-refractivity contribution >= 4 is 17.0 Å². The standard InChI is InChI=1S/C16H16N8O3/c1-26-10-4-6-18-9(12(10)27-2)8-23-14-11(20-16(23)25)13(17)21-15(22-14)24-7-3-5-19-24/h3-7H,8H2,1-2H3,(H,20,25)(H2,17,21,22). The van der Waals surface area contributed by atoms with Crippen LogP contribution in [0.1, 0.15) is 5.69 Å². The van der Waals surface area contributed by atoms with E-state index in [9.17, 15) is 4.79 Å². The van der Waals surface area contributed by atoms with Crippen LogP contribution in [0.3, 0.4) is 0 Å². The molecule has 11 heteroatoms. The van der Waals surface area contributed by atoms with Crippen molar-refractivity contribution in [1.82, 2.24) is 34.3 Å². The molecule has 0 fully saturated rings. The molecule has 0 amide bonds. The van der Waals surface area contributed by atoms with Crippen molar-refractivity contribution in [2.45, 2.75) is 6.54 Å². The molecule has 4 rings (SSSR count). The maximum absolute atomic E-state index is 12.5. The number of H-pyrrole nitrogens is 1. The fraction of sp³-hybridized carbons (Fsp3) is 0.188. The lowest BCUT2D eigenvalue weighted by Gasteiger charge is -2.12. The topological polar surface area (TPSA) is 139 Å². The Labute approximate surface area is 152 Å². The highest BCUT2D eigenvalue weighted by Crippen LogP contribution is 2.29. The van der Waals surface area contributed by atoms with Crippen molar-refractivity contribution in [3.05, 3.63) is 46.9 Å². The fourth-order valence-electron chi connectivity index (χ4n) is 2.79. The van der Waals surface area contributed by atoms with E-state index in [-0.39, 0.29) is 18.3 Å².